The van der Waals surface area contributed by atoms with Gasteiger partial charge in [-0.15, -0.1) is 0 Å². The molecule has 0 spiro atoms. The Bertz CT molecular complexity index is 672. The Morgan fingerprint density at radius 2 is 2.15 bits per heavy atom. The van der Waals surface area contributed by atoms with Crippen molar-refractivity contribution in [2.24, 2.45) is 5.41 Å². The van der Waals surface area contributed by atoms with Gasteiger partial charge in [-0.3, -0.25) is 4.55 Å². The Morgan fingerprint density at radius 3 is 2.75 bits per heavy atom. The van der Waals surface area contributed by atoms with Crippen LogP contribution < -0.4 is 5.32 Å². The molecule has 0 saturated heterocycles. The van der Waals surface area contributed by atoms with Crippen molar-refractivity contribution < 1.29 is 13.0 Å². The number of aryl methyl sites for hydroxylation is 1. The van der Waals surface area contributed by atoms with Crippen LogP contribution >= 0.6 is 0 Å². The monoisotopic (exact) mass is 294 g/mol. The molecule has 1 heterocycles. The van der Waals surface area contributed by atoms with Gasteiger partial charge in [0.2, 0.25) is 0 Å². The van der Waals surface area contributed by atoms with Gasteiger partial charge in [0.05, 0.1) is 11.8 Å². The summed E-state index contributed by atoms with van der Waals surface area (Å²) < 4.78 is 32.5. The number of benzene rings is 1. The molecule has 1 aromatic carbocycles. The second-order valence-electron chi connectivity index (χ2n) is 5.96. The fraction of sp³-hybridized carbons (Fsp3) is 0.500. The lowest BCUT2D eigenvalue weighted by atomic mass is 9.81. The molecule has 0 aromatic heterocycles. The summed E-state index contributed by atoms with van der Waals surface area (Å²) in [6, 6.07) is 5.42. The van der Waals surface area contributed by atoms with Crippen LogP contribution in [0.5, 0.6) is 0 Å². The first-order valence-corrected chi connectivity index (χ1v) is 7.91. The molecule has 0 amide bonds. The van der Waals surface area contributed by atoms with Gasteiger partial charge in [0.15, 0.2) is 0 Å². The van der Waals surface area contributed by atoms with E-state index in [0.717, 1.165) is 17.5 Å². The van der Waals surface area contributed by atoms with E-state index in [-0.39, 0.29) is 10.3 Å². The zero-order chi connectivity index (χ0) is 15.0. The highest BCUT2D eigenvalue weighted by Crippen LogP contribution is 2.37. The van der Waals surface area contributed by atoms with Crippen molar-refractivity contribution in [3.63, 3.8) is 0 Å². The minimum atomic E-state index is -4.27. The number of fused-ring (bicyclic) bond motifs is 1. The maximum absolute atomic E-state index is 11.5. The Kier molecular flexibility index (Phi) is 3.76. The molecular formula is C14H18N2O3S. The van der Waals surface area contributed by atoms with Crippen LogP contribution in [0.15, 0.2) is 17.0 Å². The fourth-order valence-electron chi connectivity index (χ4n) is 2.53. The van der Waals surface area contributed by atoms with Gasteiger partial charge in [0, 0.05) is 13.0 Å². The molecule has 1 aliphatic rings. The highest BCUT2D eigenvalue weighted by molar-refractivity contribution is 7.86. The van der Waals surface area contributed by atoms with E-state index in [1.165, 1.54) is 6.07 Å². The molecule has 20 heavy (non-hydrogen) atoms. The van der Waals surface area contributed by atoms with Crippen LogP contribution in [0, 0.1) is 16.7 Å². The fourth-order valence-corrected chi connectivity index (χ4v) is 3.29. The largest absolute Gasteiger partial charge is 0.383 e. The molecule has 6 heteroatoms. The molecule has 0 fully saturated rings. The van der Waals surface area contributed by atoms with Crippen LogP contribution in [0.1, 0.15) is 31.4 Å². The number of rotatable bonds is 3. The highest BCUT2D eigenvalue weighted by atomic mass is 32.2. The first kappa shape index (κ1) is 14.8. The normalized spacial score (nSPS) is 16.9. The molecule has 0 saturated carbocycles. The highest BCUT2D eigenvalue weighted by Gasteiger charge is 2.29. The van der Waals surface area contributed by atoms with Crippen LogP contribution in [-0.2, 0) is 23.0 Å². The molecule has 108 valence electrons. The molecule has 0 aliphatic carbocycles. The van der Waals surface area contributed by atoms with Crippen LogP contribution in [0.2, 0.25) is 0 Å². The van der Waals surface area contributed by atoms with E-state index in [1.807, 2.05) is 12.1 Å². The molecule has 2 rings (SSSR count). The van der Waals surface area contributed by atoms with Gasteiger partial charge in [-0.25, -0.2) is 0 Å². The molecule has 1 aliphatic heterocycles. The summed E-state index contributed by atoms with van der Waals surface area (Å²) in [7, 11) is -4.27. The van der Waals surface area contributed by atoms with Gasteiger partial charge >= 0.3 is 0 Å². The van der Waals surface area contributed by atoms with E-state index in [0.29, 0.717) is 25.1 Å². The summed E-state index contributed by atoms with van der Waals surface area (Å²) >= 11 is 0. The van der Waals surface area contributed by atoms with Crippen molar-refractivity contribution in [1.29, 1.82) is 5.26 Å². The average molecular weight is 294 g/mol. The SMILES string of the molecule is CC1(C)CNc2c(cc(CCC#N)cc2S(=O)(=O)O)C1. The lowest BCUT2D eigenvalue weighted by molar-refractivity contribution is 0.377. The third-order valence-corrected chi connectivity index (χ3v) is 4.34. The Morgan fingerprint density at radius 1 is 1.45 bits per heavy atom. The lowest BCUT2D eigenvalue weighted by Gasteiger charge is -2.33. The standard InChI is InChI=1S/C14H18N2O3S/c1-14(2)8-11-6-10(4-3-5-15)7-12(20(17,18)19)13(11)16-9-14/h6-7,16H,3-4,8-9H2,1-2H3,(H,17,18,19). The van der Waals surface area contributed by atoms with Crippen molar-refractivity contribution >= 4 is 15.8 Å². The zero-order valence-corrected chi connectivity index (χ0v) is 12.4. The second-order valence-corrected chi connectivity index (χ2v) is 7.35. The zero-order valence-electron chi connectivity index (χ0n) is 11.6. The second kappa shape index (κ2) is 5.08. The summed E-state index contributed by atoms with van der Waals surface area (Å²) in [5.41, 5.74) is 2.16. The van der Waals surface area contributed by atoms with Crippen LogP contribution in [0.3, 0.4) is 0 Å². The van der Waals surface area contributed by atoms with Crippen LogP contribution in [0.25, 0.3) is 0 Å². The number of nitrogens with one attached hydrogen (secondary N) is 1. The van der Waals surface area contributed by atoms with E-state index in [9.17, 15) is 13.0 Å². The molecular weight excluding hydrogens is 276 g/mol. The van der Waals surface area contributed by atoms with Gasteiger partial charge in [0.25, 0.3) is 10.1 Å². The third-order valence-electron chi connectivity index (χ3n) is 3.46. The average Bonchev–Trinajstić information content (AvgIpc) is 2.32. The van der Waals surface area contributed by atoms with Crippen LogP contribution in [-0.4, -0.2) is 19.5 Å². The number of hydrogen-bond donors (Lipinski definition) is 2. The first-order valence-electron chi connectivity index (χ1n) is 6.47. The molecule has 0 unspecified atom stereocenters. The number of nitriles is 1. The van der Waals surface area contributed by atoms with Crippen molar-refractivity contribution in [3.05, 3.63) is 23.3 Å². The maximum atomic E-state index is 11.5. The summed E-state index contributed by atoms with van der Waals surface area (Å²) in [4.78, 5) is -0.0848. The first-order chi connectivity index (χ1) is 9.23. The van der Waals surface area contributed by atoms with Gasteiger partial charge in [-0.05, 0) is 35.4 Å². The van der Waals surface area contributed by atoms with Crippen molar-refractivity contribution in [2.45, 2.75) is 38.0 Å². The number of hydrogen-bond acceptors (Lipinski definition) is 4. The minimum absolute atomic E-state index is 0.0251. The Labute approximate surface area is 119 Å². The summed E-state index contributed by atoms with van der Waals surface area (Å²) in [5, 5.41) is 11.8. The minimum Gasteiger partial charge on any atom is -0.383 e. The van der Waals surface area contributed by atoms with E-state index in [1.54, 1.807) is 0 Å². The molecule has 0 radical (unpaired) electrons. The van der Waals surface area contributed by atoms with Crippen LogP contribution in [0.4, 0.5) is 5.69 Å². The summed E-state index contributed by atoms with van der Waals surface area (Å²) in [6.45, 7) is 4.84. The predicted molar refractivity (Wildman–Crippen MR) is 76.2 cm³/mol. The Balaban J connectivity index is 2.55. The smallest absolute Gasteiger partial charge is 0.296 e. The summed E-state index contributed by atoms with van der Waals surface area (Å²) in [6.07, 6.45) is 1.53. The predicted octanol–water partition coefficient (Wildman–Crippen LogP) is 2.38. The summed E-state index contributed by atoms with van der Waals surface area (Å²) in [5.74, 6) is 0. The van der Waals surface area contributed by atoms with E-state index < -0.39 is 10.1 Å². The van der Waals surface area contributed by atoms with Gasteiger partial charge < -0.3 is 5.32 Å². The third kappa shape index (κ3) is 3.11. The van der Waals surface area contributed by atoms with E-state index >= 15 is 0 Å². The van der Waals surface area contributed by atoms with E-state index in [4.69, 9.17) is 5.26 Å². The maximum Gasteiger partial charge on any atom is 0.296 e. The van der Waals surface area contributed by atoms with Gasteiger partial charge in [-0.2, -0.15) is 13.7 Å². The molecule has 5 nitrogen and oxygen atoms in total. The molecule has 1 aromatic rings. The molecule has 2 N–H and O–H groups in total. The topological polar surface area (TPSA) is 90.2 Å². The van der Waals surface area contributed by atoms with Crippen molar-refractivity contribution in [1.82, 2.24) is 0 Å². The van der Waals surface area contributed by atoms with Gasteiger partial charge in [0.1, 0.15) is 4.90 Å². The van der Waals surface area contributed by atoms with Gasteiger partial charge in [-0.1, -0.05) is 19.9 Å². The quantitative estimate of drug-likeness (QED) is 0.835. The molecule has 0 atom stereocenters. The van der Waals surface area contributed by atoms with Crippen molar-refractivity contribution in [3.8, 4) is 6.07 Å². The lowest BCUT2D eigenvalue weighted by Crippen LogP contribution is -2.31. The van der Waals surface area contributed by atoms with Crippen molar-refractivity contribution in [2.75, 3.05) is 11.9 Å². The Hall–Kier alpha value is -1.58. The number of nitrogens with zero attached hydrogens (tertiary/aromatic N) is 1. The van der Waals surface area contributed by atoms with E-state index in [2.05, 4.69) is 19.2 Å². The molecule has 0 bridgehead atoms. The number of anilines is 1.